The van der Waals surface area contributed by atoms with Crippen LogP contribution in [0.15, 0.2) is 36.8 Å². The summed E-state index contributed by atoms with van der Waals surface area (Å²) in [5, 5.41) is 11.5. The molecule has 12 heteroatoms. The van der Waals surface area contributed by atoms with Crippen molar-refractivity contribution in [1.29, 1.82) is 0 Å². The topological polar surface area (TPSA) is 111 Å². The average Bonchev–Trinajstić information content (AvgIpc) is 3.57. The molecule has 1 N–H and O–H groups in total. The van der Waals surface area contributed by atoms with Crippen molar-refractivity contribution >= 4 is 45.8 Å². The van der Waals surface area contributed by atoms with Gasteiger partial charge < -0.3 is 14.8 Å². The molecule has 2 amide bonds. The lowest BCUT2D eigenvalue weighted by Crippen LogP contribution is -2.52. The number of rotatable bonds is 6. The van der Waals surface area contributed by atoms with E-state index in [1.165, 1.54) is 16.1 Å². The third-order valence-electron chi connectivity index (χ3n) is 6.22. The Morgan fingerprint density at radius 1 is 1.22 bits per heavy atom. The lowest BCUT2D eigenvalue weighted by atomic mass is 9.99. The summed E-state index contributed by atoms with van der Waals surface area (Å²) < 4.78 is 2.77. The Labute approximate surface area is 217 Å². The van der Waals surface area contributed by atoms with E-state index in [0.29, 0.717) is 40.5 Å². The van der Waals surface area contributed by atoms with E-state index in [0.717, 1.165) is 23.3 Å². The number of fused-ring (bicyclic) bond motifs is 1. The summed E-state index contributed by atoms with van der Waals surface area (Å²) in [7, 11) is 0. The van der Waals surface area contributed by atoms with Crippen molar-refractivity contribution in [3.63, 3.8) is 0 Å². The van der Waals surface area contributed by atoms with E-state index in [1.807, 2.05) is 6.07 Å². The molecule has 10 nitrogen and oxygen atoms in total. The number of aromatic nitrogens is 6. The van der Waals surface area contributed by atoms with E-state index >= 15 is 0 Å². The third kappa shape index (κ3) is 4.98. The van der Waals surface area contributed by atoms with Crippen molar-refractivity contribution in [3.8, 4) is 5.82 Å². The quantitative estimate of drug-likeness (QED) is 0.411. The molecule has 2 atom stereocenters. The van der Waals surface area contributed by atoms with Gasteiger partial charge in [0.2, 0.25) is 5.91 Å². The SMILES string of the molecule is CC(=O)N1CC(NC(=O)c2ccc(Cl)s2)CC(n2c(CC(C)C)nc3cnc(-n4nccn4)cc32)C1. The van der Waals surface area contributed by atoms with E-state index < -0.39 is 0 Å². The Morgan fingerprint density at radius 2 is 2.00 bits per heavy atom. The normalized spacial score (nSPS) is 18.2. The van der Waals surface area contributed by atoms with E-state index in [-0.39, 0.29) is 23.9 Å². The Bertz CT molecular complexity index is 1400. The van der Waals surface area contributed by atoms with Crippen LogP contribution in [0.3, 0.4) is 0 Å². The molecule has 0 saturated carbocycles. The predicted molar refractivity (Wildman–Crippen MR) is 137 cm³/mol. The van der Waals surface area contributed by atoms with Crippen LogP contribution in [0.4, 0.5) is 0 Å². The molecule has 0 aliphatic carbocycles. The van der Waals surface area contributed by atoms with Crippen molar-refractivity contribution in [3.05, 3.63) is 51.8 Å². The van der Waals surface area contributed by atoms with Gasteiger partial charge in [0, 0.05) is 38.5 Å². The molecule has 188 valence electrons. The second-order valence-electron chi connectivity index (χ2n) is 9.43. The number of hydrogen-bond donors (Lipinski definition) is 1. The molecular formula is C24H27ClN8O2S. The van der Waals surface area contributed by atoms with Crippen LogP contribution in [0, 0.1) is 5.92 Å². The first-order valence-electron chi connectivity index (χ1n) is 11.8. The lowest BCUT2D eigenvalue weighted by molar-refractivity contribution is -0.130. The summed E-state index contributed by atoms with van der Waals surface area (Å²) in [5.41, 5.74) is 1.67. The molecule has 4 aromatic heterocycles. The molecule has 0 radical (unpaired) electrons. The number of imidazole rings is 1. The van der Waals surface area contributed by atoms with Gasteiger partial charge in [0.25, 0.3) is 5.91 Å². The van der Waals surface area contributed by atoms with Crippen molar-refractivity contribution in [2.75, 3.05) is 13.1 Å². The zero-order valence-electron chi connectivity index (χ0n) is 20.3. The summed E-state index contributed by atoms with van der Waals surface area (Å²) in [6.45, 7) is 6.85. The maximum absolute atomic E-state index is 12.9. The molecule has 1 saturated heterocycles. The van der Waals surface area contributed by atoms with Crippen LogP contribution in [-0.2, 0) is 11.2 Å². The zero-order chi connectivity index (χ0) is 25.4. The second kappa shape index (κ2) is 9.98. The number of carbonyl (C=O) groups excluding carboxylic acids is 2. The maximum Gasteiger partial charge on any atom is 0.261 e. The van der Waals surface area contributed by atoms with Gasteiger partial charge >= 0.3 is 0 Å². The fourth-order valence-electron chi connectivity index (χ4n) is 4.71. The number of likely N-dealkylation sites (tertiary alicyclic amines) is 1. The number of carbonyl (C=O) groups is 2. The summed E-state index contributed by atoms with van der Waals surface area (Å²) >= 11 is 7.26. The molecule has 4 aromatic rings. The highest BCUT2D eigenvalue weighted by molar-refractivity contribution is 7.18. The predicted octanol–water partition coefficient (Wildman–Crippen LogP) is 3.52. The molecule has 1 fully saturated rings. The first-order chi connectivity index (χ1) is 17.3. The van der Waals surface area contributed by atoms with Crippen molar-refractivity contribution < 1.29 is 9.59 Å². The average molecular weight is 527 g/mol. The van der Waals surface area contributed by atoms with Crippen LogP contribution >= 0.6 is 22.9 Å². The fraction of sp³-hybridized carbons (Fsp3) is 0.417. The van der Waals surface area contributed by atoms with Crippen LogP contribution in [0.2, 0.25) is 4.34 Å². The van der Waals surface area contributed by atoms with Gasteiger partial charge in [-0.2, -0.15) is 10.2 Å². The highest BCUT2D eigenvalue weighted by atomic mass is 35.5. The number of amides is 2. The summed E-state index contributed by atoms with van der Waals surface area (Å²) in [6, 6.07) is 5.05. The highest BCUT2D eigenvalue weighted by Crippen LogP contribution is 2.30. The van der Waals surface area contributed by atoms with Gasteiger partial charge in [0.15, 0.2) is 5.82 Å². The first-order valence-corrected chi connectivity index (χ1v) is 13.0. The van der Waals surface area contributed by atoms with E-state index in [2.05, 4.69) is 38.9 Å². The van der Waals surface area contributed by atoms with E-state index in [1.54, 1.807) is 42.5 Å². The number of hydrogen-bond acceptors (Lipinski definition) is 7. The third-order valence-corrected chi connectivity index (χ3v) is 7.45. The number of nitrogens with one attached hydrogen (secondary N) is 1. The van der Waals surface area contributed by atoms with Crippen LogP contribution in [0.5, 0.6) is 0 Å². The molecule has 0 bridgehead atoms. The molecular weight excluding hydrogens is 500 g/mol. The largest absolute Gasteiger partial charge is 0.347 e. The van der Waals surface area contributed by atoms with Crippen molar-refractivity contribution in [2.24, 2.45) is 5.92 Å². The van der Waals surface area contributed by atoms with Crippen LogP contribution in [-0.4, -0.2) is 65.4 Å². The van der Waals surface area contributed by atoms with Crippen LogP contribution in [0.25, 0.3) is 16.9 Å². The van der Waals surface area contributed by atoms with Gasteiger partial charge in [-0.15, -0.1) is 16.1 Å². The fourth-order valence-corrected chi connectivity index (χ4v) is 5.66. The van der Waals surface area contributed by atoms with E-state index in [9.17, 15) is 9.59 Å². The van der Waals surface area contributed by atoms with Crippen LogP contribution in [0.1, 0.15) is 48.7 Å². The van der Waals surface area contributed by atoms with Gasteiger partial charge in [-0.05, 0) is 24.5 Å². The van der Waals surface area contributed by atoms with Crippen molar-refractivity contribution in [2.45, 2.75) is 45.7 Å². The second-order valence-corrected chi connectivity index (χ2v) is 11.1. The first kappa shape index (κ1) is 24.4. The minimum absolute atomic E-state index is 0.0314. The highest BCUT2D eigenvalue weighted by Gasteiger charge is 2.33. The standard InChI is InChI=1S/C24H27ClN8O2S/c1-14(2)8-23-30-18-11-26-22(33-27-6-7-28-33)10-19(18)32(23)17-9-16(12-31(13-17)15(3)34)29-24(35)20-4-5-21(25)36-20/h4-7,10-11,14,16-17H,8-9,12-13H2,1-3H3,(H,29,35). The molecule has 5 heterocycles. The monoisotopic (exact) mass is 526 g/mol. The van der Waals surface area contributed by atoms with Gasteiger partial charge in [-0.3, -0.25) is 9.59 Å². The van der Waals surface area contributed by atoms with Gasteiger partial charge in [0.05, 0.1) is 39.4 Å². The molecule has 5 rings (SSSR count). The minimum Gasteiger partial charge on any atom is -0.347 e. The maximum atomic E-state index is 12.9. The van der Waals surface area contributed by atoms with Gasteiger partial charge in [-0.25, -0.2) is 9.97 Å². The molecule has 36 heavy (non-hydrogen) atoms. The smallest absolute Gasteiger partial charge is 0.261 e. The lowest BCUT2D eigenvalue weighted by Gasteiger charge is -2.39. The Morgan fingerprint density at radius 3 is 2.67 bits per heavy atom. The summed E-state index contributed by atoms with van der Waals surface area (Å²) in [6.07, 6.45) is 6.37. The Balaban J connectivity index is 1.53. The number of nitrogens with zero attached hydrogens (tertiary/aromatic N) is 7. The molecule has 2 unspecified atom stereocenters. The van der Waals surface area contributed by atoms with Crippen LogP contribution < -0.4 is 5.32 Å². The number of pyridine rings is 1. The molecule has 1 aliphatic rings. The molecule has 0 spiro atoms. The minimum atomic E-state index is -0.223. The Hall–Kier alpha value is -3.31. The number of thiophene rings is 1. The zero-order valence-corrected chi connectivity index (χ0v) is 21.8. The van der Waals surface area contributed by atoms with E-state index in [4.69, 9.17) is 16.6 Å². The van der Waals surface area contributed by atoms with Crippen molar-refractivity contribution in [1.82, 2.24) is 39.7 Å². The molecule has 0 aromatic carbocycles. The molecule has 1 aliphatic heterocycles. The van der Waals surface area contributed by atoms with Gasteiger partial charge in [-0.1, -0.05) is 25.4 Å². The summed E-state index contributed by atoms with van der Waals surface area (Å²) in [5.74, 6) is 1.68. The summed E-state index contributed by atoms with van der Waals surface area (Å²) in [4.78, 5) is 38.6. The number of halogens is 1. The Kier molecular flexibility index (Phi) is 6.76. The van der Waals surface area contributed by atoms with Gasteiger partial charge in [0.1, 0.15) is 11.3 Å². The number of piperidine rings is 1.